The maximum Gasteiger partial charge on any atom is 0.336 e. The maximum absolute atomic E-state index is 12.0. The second-order valence-electron chi connectivity index (χ2n) is 5.61. The Morgan fingerprint density at radius 2 is 1.72 bits per heavy atom. The minimum Gasteiger partial charge on any atom is -0.478 e. The molecule has 3 aromatic rings. The van der Waals surface area contributed by atoms with E-state index in [4.69, 9.17) is 0 Å². The van der Waals surface area contributed by atoms with Gasteiger partial charge in [-0.2, -0.15) is 5.26 Å². The topological polar surface area (TPSA) is 93.9 Å². The van der Waals surface area contributed by atoms with Crippen molar-refractivity contribution in [2.24, 2.45) is 0 Å². The molecule has 1 heterocycles. The number of hydrogen-bond acceptors (Lipinski definition) is 3. The van der Waals surface area contributed by atoms with Crippen LogP contribution in [0.25, 0.3) is 22.3 Å². The third-order valence-electron chi connectivity index (χ3n) is 3.92. The molecule has 5 heteroatoms. The fraction of sp³-hybridized carbons (Fsp3) is 0.0500. The summed E-state index contributed by atoms with van der Waals surface area (Å²) in [6.45, 7) is 1.75. The highest BCUT2D eigenvalue weighted by Gasteiger charge is 2.14. The Bertz CT molecular complexity index is 1070. The Morgan fingerprint density at radius 3 is 2.40 bits per heavy atom. The summed E-state index contributed by atoms with van der Waals surface area (Å²) in [5, 5.41) is 18.7. The van der Waals surface area contributed by atoms with Gasteiger partial charge in [-0.15, -0.1) is 0 Å². The first-order valence-electron chi connectivity index (χ1n) is 7.58. The second kappa shape index (κ2) is 6.46. The molecule has 0 spiro atoms. The van der Waals surface area contributed by atoms with Crippen molar-refractivity contribution in [1.82, 2.24) is 4.98 Å². The predicted octanol–water partition coefficient (Wildman–Crippen LogP) is 3.59. The lowest BCUT2D eigenvalue weighted by Gasteiger charge is -2.10. The molecule has 0 fully saturated rings. The number of nitrogens with zero attached hydrogens (tertiary/aromatic N) is 1. The van der Waals surface area contributed by atoms with Crippen LogP contribution < -0.4 is 5.56 Å². The van der Waals surface area contributed by atoms with Gasteiger partial charge in [0.25, 0.3) is 5.56 Å². The van der Waals surface area contributed by atoms with Gasteiger partial charge in [-0.1, -0.05) is 36.4 Å². The normalized spacial score (nSPS) is 10.2. The highest BCUT2D eigenvalue weighted by molar-refractivity contribution is 5.96. The van der Waals surface area contributed by atoms with Crippen LogP contribution in [-0.4, -0.2) is 16.1 Å². The van der Waals surface area contributed by atoms with E-state index in [-0.39, 0.29) is 11.1 Å². The minimum absolute atomic E-state index is 0.0364. The van der Waals surface area contributed by atoms with E-state index >= 15 is 0 Å². The SMILES string of the molecule is Cc1cc(-c2cccc(-c3ccccc3C(=O)O)c2)c(C#N)c(=O)[nH]1. The van der Waals surface area contributed by atoms with Gasteiger partial charge < -0.3 is 10.1 Å². The highest BCUT2D eigenvalue weighted by Crippen LogP contribution is 2.29. The summed E-state index contributed by atoms with van der Waals surface area (Å²) in [6.07, 6.45) is 0. The van der Waals surface area contributed by atoms with Crippen LogP contribution in [0, 0.1) is 18.3 Å². The summed E-state index contributed by atoms with van der Waals surface area (Å²) < 4.78 is 0. The molecular formula is C20H14N2O3. The molecule has 0 saturated heterocycles. The zero-order valence-electron chi connectivity index (χ0n) is 13.4. The van der Waals surface area contributed by atoms with Gasteiger partial charge in [0.05, 0.1) is 5.56 Å². The number of nitriles is 1. The van der Waals surface area contributed by atoms with Gasteiger partial charge in [-0.25, -0.2) is 4.79 Å². The number of pyridine rings is 1. The molecule has 2 aromatic carbocycles. The molecule has 0 saturated carbocycles. The van der Waals surface area contributed by atoms with Crippen LogP contribution in [-0.2, 0) is 0 Å². The summed E-state index contributed by atoms with van der Waals surface area (Å²) in [6, 6.07) is 17.6. The number of H-pyrrole nitrogens is 1. The van der Waals surface area contributed by atoms with Crippen LogP contribution >= 0.6 is 0 Å². The number of hydrogen-bond donors (Lipinski definition) is 2. The first kappa shape index (κ1) is 16.2. The van der Waals surface area contributed by atoms with Crippen LogP contribution in [0.2, 0.25) is 0 Å². The van der Waals surface area contributed by atoms with Crippen LogP contribution in [0.4, 0.5) is 0 Å². The number of aromatic nitrogens is 1. The average molecular weight is 330 g/mol. The summed E-state index contributed by atoms with van der Waals surface area (Å²) in [5.41, 5.74) is 2.94. The van der Waals surface area contributed by atoms with Crippen molar-refractivity contribution in [3.8, 4) is 28.3 Å². The molecule has 2 N–H and O–H groups in total. The molecule has 25 heavy (non-hydrogen) atoms. The lowest BCUT2D eigenvalue weighted by Crippen LogP contribution is -2.12. The van der Waals surface area contributed by atoms with E-state index in [1.165, 1.54) is 0 Å². The van der Waals surface area contributed by atoms with Crippen LogP contribution in [0.5, 0.6) is 0 Å². The van der Waals surface area contributed by atoms with Gasteiger partial charge in [-0.05, 0) is 41.8 Å². The van der Waals surface area contributed by atoms with Gasteiger partial charge in [0.1, 0.15) is 11.6 Å². The number of rotatable bonds is 3. The lowest BCUT2D eigenvalue weighted by molar-refractivity contribution is 0.0697. The fourth-order valence-corrected chi connectivity index (χ4v) is 2.80. The largest absolute Gasteiger partial charge is 0.478 e. The summed E-state index contributed by atoms with van der Waals surface area (Å²) in [5.74, 6) is -1.01. The number of aromatic carboxylic acids is 1. The molecule has 0 aliphatic rings. The first-order chi connectivity index (χ1) is 12.0. The van der Waals surface area contributed by atoms with E-state index in [1.807, 2.05) is 6.07 Å². The van der Waals surface area contributed by atoms with Crippen LogP contribution in [0.1, 0.15) is 21.6 Å². The fourth-order valence-electron chi connectivity index (χ4n) is 2.80. The minimum atomic E-state index is -1.01. The van der Waals surface area contributed by atoms with Crippen molar-refractivity contribution < 1.29 is 9.90 Å². The number of benzene rings is 2. The molecule has 0 aliphatic heterocycles. The van der Waals surface area contributed by atoms with E-state index in [9.17, 15) is 20.0 Å². The van der Waals surface area contributed by atoms with E-state index in [0.29, 0.717) is 27.9 Å². The Balaban J connectivity index is 2.22. The average Bonchev–Trinajstić information content (AvgIpc) is 2.61. The van der Waals surface area contributed by atoms with Crippen molar-refractivity contribution in [2.75, 3.05) is 0 Å². The van der Waals surface area contributed by atoms with Gasteiger partial charge in [0.2, 0.25) is 0 Å². The highest BCUT2D eigenvalue weighted by atomic mass is 16.4. The molecule has 122 valence electrons. The van der Waals surface area contributed by atoms with Crippen molar-refractivity contribution in [3.05, 3.63) is 81.8 Å². The number of aromatic amines is 1. The number of nitrogens with one attached hydrogen (secondary N) is 1. The monoisotopic (exact) mass is 330 g/mol. The van der Waals surface area contributed by atoms with Gasteiger partial charge >= 0.3 is 5.97 Å². The second-order valence-corrected chi connectivity index (χ2v) is 5.61. The zero-order chi connectivity index (χ0) is 18.0. The van der Waals surface area contributed by atoms with Crippen molar-refractivity contribution in [1.29, 1.82) is 5.26 Å². The Morgan fingerprint density at radius 1 is 1.04 bits per heavy atom. The van der Waals surface area contributed by atoms with E-state index in [2.05, 4.69) is 4.98 Å². The van der Waals surface area contributed by atoms with E-state index < -0.39 is 11.5 Å². The summed E-state index contributed by atoms with van der Waals surface area (Å²) in [4.78, 5) is 26.1. The quantitative estimate of drug-likeness (QED) is 0.767. The predicted molar refractivity (Wildman–Crippen MR) is 94.3 cm³/mol. The van der Waals surface area contributed by atoms with Gasteiger partial charge in [0, 0.05) is 11.3 Å². The molecule has 0 amide bonds. The maximum atomic E-state index is 12.0. The Kier molecular flexibility index (Phi) is 4.19. The number of aryl methyl sites for hydroxylation is 1. The van der Waals surface area contributed by atoms with Crippen molar-refractivity contribution in [2.45, 2.75) is 6.92 Å². The number of carbonyl (C=O) groups is 1. The van der Waals surface area contributed by atoms with Gasteiger partial charge in [-0.3, -0.25) is 4.79 Å². The number of carboxylic acid groups (broad SMARTS) is 1. The Labute approximate surface area is 143 Å². The van der Waals surface area contributed by atoms with E-state index in [1.54, 1.807) is 61.5 Å². The molecule has 5 nitrogen and oxygen atoms in total. The summed E-state index contributed by atoms with van der Waals surface area (Å²) in [7, 11) is 0. The molecule has 0 bridgehead atoms. The van der Waals surface area contributed by atoms with Crippen LogP contribution in [0.3, 0.4) is 0 Å². The third-order valence-corrected chi connectivity index (χ3v) is 3.92. The standard InChI is InChI=1S/C20H14N2O3/c1-12-9-17(18(11-21)19(23)22-12)14-6-4-5-13(10-14)15-7-2-3-8-16(15)20(24)25/h2-10H,1H3,(H,22,23)(H,24,25). The van der Waals surface area contributed by atoms with Crippen molar-refractivity contribution in [3.63, 3.8) is 0 Å². The lowest BCUT2D eigenvalue weighted by atomic mass is 9.94. The van der Waals surface area contributed by atoms with Crippen molar-refractivity contribution >= 4 is 5.97 Å². The molecule has 3 rings (SSSR count). The van der Waals surface area contributed by atoms with Crippen LogP contribution in [0.15, 0.2) is 59.4 Å². The molecular weight excluding hydrogens is 316 g/mol. The third kappa shape index (κ3) is 3.06. The molecule has 0 aliphatic carbocycles. The first-order valence-corrected chi connectivity index (χ1v) is 7.58. The molecule has 0 unspecified atom stereocenters. The number of carboxylic acids is 1. The Hall–Kier alpha value is -3.65. The summed E-state index contributed by atoms with van der Waals surface area (Å²) >= 11 is 0. The molecule has 1 aromatic heterocycles. The smallest absolute Gasteiger partial charge is 0.336 e. The van der Waals surface area contributed by atoms with E-state index in [0.717, 1.165) is 0 Å². The van der Waals surface area contributed by atoms with Gasteiger partial charge in [0.15, 0.2) is 0 Å². The molecule has 0 atom stereocenters. The molecule has 0 radical (unpaired) electrons. The zero-order valence-corrected chi connectivity index (χ0v) is 13.4.